The van der Waals surface area contributed by atoms with Crippen LogP contribution >= 0.6 is 0 Å². The molecule has 6 heteroatoms. The van der Waals surface area contributed by atoms with E-state index in [-0.39, 0.29) is 12.1 Å². The number of nitrogens with one attached hydrogen (secondary N) is 1. The molecule has 0 aliphatic heterocycles. The largest absolute Gasteiger partial charge is 0.391 e. The van der Waals surface area contributed by atoms with E-state index in [0.717, 1.165) is 48.1 Å². The van der Waals surface area contributed by atoms with Crippen molar-refractivity contribution < 1.29 is 5.11 Å². The maximum absolute atomic E-state index is 10.0. The van der Waals surface area contributed by atoms with Crippen LogP contribution in [0.1, 0.15) is 25.7 Å². The SMILES string of the molecule is O[C@H]1CCCC[C@@H]1Nc1ccc(-c2cnn3ncccc23)cn1. The number of hydrogen-bond acceptors (Lipinski definition) is 5. The summed E-state index contributed by atoms with van der Waals surface area (Å²) in [6.45, 7) is 0. The lowest BCUT2D eigenvalue weighted by Crippen LogP contribution is -2.36. The number of aliphatic hydroxyl groups excluding tert-OH is 1. The van der Waals surface area contributed by atoms with E-state index in [1.54, 1.807) is 17.0 Å². The van der Waals surface area contributed by atoms with Crippen molar-refractivity contribution in [2.24, 2.45) is 0 Å². The molecule has 2 N–H and O–H groups in total. The maximum Gasteiger partial charge on any atom is 0.126 e. The highest BCUT2D eigenvalue weighted by Gasteiger charge is 2.22. The van der Waals surface area contributed by atoms with Crippen molar-refractivity contribution >= 4 is 11.3 Å². The fourth-order valence-corrected chi connectivity index (χ4v) is 3.16. The Morgan fingerprint density at radius 1 is 1.09 bits per heavy atom. The molecule has 0 amide bonds. The van der Waals surface area contributed by atoms with E-state index in [9.17, 15) is 5.11 Å². The summed E-state index contributed by atoms with van der Waals surface area (Å²) in [5.74, 6) is 0.800. The second-order valence-corrected chi connectivity index (χ2v) is 5.99. The number of anilines is 1. The zero-order valence-electron chi connectivity index (χ0n) is 12.8. The number of aliphatic hydroxyl groups is 1. The predicted molar refractivity (Wildman–Crippen MR) is 88.1 cm³/mol. The molecule has 0 spiro atoms. The average Bonchev–Trinajstić information content (AvgIpc) is 3.02. The van der Waals surface area contributed by atoms with Crippen LogP contribution in [0.3, 0.4) is 0 Å². The van der Waals surface area contributed by atoms with Crippen molar-refractivity contribution in [3.05, 3.63) is 42.9 Å². The van der Waals surface area contributed by atoms with E-state index in [1.807, 2.05) is 30.5 Å². The minimum absolute atomic E-state index is 0.100. The van der Waals surface area contributed by atoms with E-state index in [4.69, 9.17) is 0 Å². The van der Waals surface area contributed by atoms with Gasteiger partial charge in [0.1, 0.15) is 5.82 Å². The fraction of sp³-hybridized carbons (Fsp3) is 0.353. The van der Waals surface area contributed by atoms with Gasteiger partial charge in [-0.05, 0) is 37.1 Å². The lowest BCUT2D eigenvalue weighted by atomic mass is 9.92. The van der Waals surface area contributed by atoms with Crippen LogP contribution in [0.15, 0.2) is 42.9 Å². The number of pyridine rings is 1. The first-order chi connectivity index (χ1) is 11.3. The molecule has 3 heterocycles. The summed E-state index contributed by atoms with van der Waals surface area (Å²) >= 11 is 0. The van der Waals surface area contributed by atoms with E-state index < -0.39 is 0 Å². The van der Waals surface area contributed by atoms with Gasteiger partial charge in [-0.25, -0.2) is 4.98 Å². The highest BCUT2D eigenvalue weighted by atomic mass is 16.3. The van der Waals surface area contributed by atoms with Crippen molar-refractivity contribution in [1.82, 2.24) is 19.8 Å². The van der Waals surface area contributed by atoms with Crippen LogP contribution in [-0.2, 0) is 0 Å². The topological polar surface area (TPSA) is 75.3 Å². The smallest absolute Gasteiger partial charge is 0.126 e. The van der Waals surface area contributed by atoms with E-state index in [2.05, 4.69) is 20.5 Å². The summed E-state index contributed by atoms with van der Waals surface area (Å²) in [4.78, 5) is 4.49. The Hall–Kier alpha value is -2.47. The zero-order chi connectivity index (χ0) is 15.6. The summed E-state index contributed by atoms with van der Waals surface area (Å²) < 4.78 is 1.61. The molecule has 2 atom stereocenters. The second kappa shape index (κ2) is 5.96. The molecule has 23 heavy (non-hydrogen) atoms. The molecule has 0 radical (unpaired) electrons. The van der Waals surface area contributed by atoms with Crippen molar-refractivity contribution in [3.8, 4) is 11.1 Å². The Morgan fingerprint density at radius 2 is 2.00 bits per heavy atom. The van der Waals surface area contributed by atoms with Crippen LogP contribution in [0.2, 0.25) is 0 Å². The van der Waals surface area contributed by atoms with Gasteiger partial charge in [-0.2, -0.15) is 14.8 Å². The third-order valence-corrected chi connectivity index (χ3v) is 4.44. The third-order valence-electron chi connectivity index (χ3n) is 4.44. The summed E-state index contributed by atoms with van der Waals surface area (Å²) in [7, 11) is 0. The van der Waals surface area contributed by atoms with Crippen LogP contribution in [0.25, 0.3) is 16.6 Å². The van der Waals surface area contributed by atoms with Gasteiger partial charge >= 0.3 is 0 Å². The zero-order valence-corrected chi connectivity index (χ0v) is 12.8. The average molecular weight is 309 g/mol. The first-order valence-electron chi connectivity index (χ1n) is 8.01. The molecule has 118 valence electrons. The Morgan fingerprint density at radius 3 is 2.83 bits per heavy atom. The minimum Gasteiger partial charge on any atom is -0.391 e. The molecule has 0 bridgehead atoms. The Kier molecular flexibility index (Phi) is 3.67. The summed E-state index contributed by atoms with van der Waals surface area (Å²) in [5.41, 5.74) is 2.97. The molecular weight excluding hydrogens is 290 g/mol. The quantitative estimate of drug-likeness (QED) is 0.777. The minimum atomic E-state index is -0.282. The number of rotatable bonds is 3. The van der Waals surface area contributed by atoms with Crippen molar-refractivity contribution in [3.63, 3.8) is 0 Å². The van der Waals surface area contributed by atoms with Gasteiger partial charge in [-0.1, -0.05) is 12.8 Å². The van der Waals surface area contributed by atoms with Gasteiger partial charge in [0.05, 0.1) is 23.9 Å². The third kappa shape index (κ3) is 2.77. The van der Waals surface area contributed by atoms with Crippen LogP contribution < -0.4 is 5.32 Å². The molecule has 0 saturated heterocycles. The maximum atomic E-state index is 10.0. The van der Waals surface area contributed by atoms with Crippen molar-refractivity contribution in [2.75, 3.05) is 5.32 Å². The van der Waals surface area contributed by atoms with Gasteiger partial charge < -0.3 is 10.4 Å². The first-order valence-corrected chi connectivity index (χ1v) is 8.01. The van der Waals surface area contributed by atoms with E-state index >= 15 is 0 Å². The Labute approximate surface area is 134 Å². The molecule has 1 aliphatic carbocycles. The summed E-state index contributed by atoms with van der Waals surface area (Å²) in [5, 5.41) is 21.8. The molecule has 1 saturated carbocycles. The Bertz CT molecular complexity index is 798. The van der Waals surface area contributed by atoms with Gasteiger partial charge in [0.2, 0.25) is 0 Å². The van der Waals surface area contributed by atoms with Gasteiger partial charge in [-0.15, -0.1) is 0 Å². The highest BCUT2D eigenvalue weighted by molar-refractivity contribution is 5.79. The van der Waals surface area contributed by atoms with E-state index in [1.165, 1.54) is 0 Å². The fourth-order valence-electron chi connectivity index (χ4n) is 3.16. The predicted octanol–water partition coefficient (Wildman–Crippen LogP) is 2.51. The first kappa shape index (κ1) is 14.1. The second-order valence-electron chi connectivity index (χ2n) is 5.99. The van der Waals surface area contributed by atoms with E-state index in [0.29, 0.717) is 0 Å². The molecule has 1 aliphatic rings. The molecule has 4 rings (SSSR count). The van der Waals surface area contributed by atoms with Crippen LogP contribution in [0.4, 0.5) is 5.82 Å². The molecule has 3 aromatic heterocycles. The van der Waals surface area contributed by atoms with Gasteiger partial charge in [0, 0.05) is 23.5 Å². The number of hydrogen-bond donors (Lipinski definition) is 2. The van der Waals surface area contributed by atoms with Gasteiger partial charge in [0.25, 0.3) is 0 Å². The van der Waals surface area contributed by atoms with Crippen molar-refractivity contribution in [1.29, 1.82) is 0 Å². The van der Waals surface area contributed by atoms with Crippen molar-refractivity contribution in [2.45, 2.75) is 37.8 Å². The highest BCUT2D eigenvalue weighted by Crippen LogP contribution is 2.25. The summed E-state index contributed by atoms with van der Waals surface area (Å²) in [6.07, 6.45) is 9.19. The van der Waals surface area contributed by atoms with Crippen LogP contribution in [-0.4, -0.2) is 37.1 Å². The number of fused-ring (bicyclic) bond motifs is 1. The monoisotopic (exact) mass is 309 g/mol. The molecule has 3 aromatic rings. The summed E-state index contributed by atoms with van der Waals surface area (Å²) in [6, 6.07) is 7.96. The number of aromatic nitrogens is 4. The van der Waals surface area contributed by atoms with Crippen LogP contribution in [0, 0.1) is 0 Å². The number of nitrogens with zero attached hydrogens (tertiary/aromatic N) is 4. The molecule has 0 unspecified atom stereocenters. The lowest BCUT2D eigenvalue weighted by molar-refractivity contribution is 0.116. The molecular formula is C17H19N5O. The molecule has 0 aromatic carbocycles. The Balaban J connectivity index is 1.56. The van der Waals surface area contributed by atoms with Crippen LogP contribution in [0.5, 0.6) is 0 Å². The van der Waals surface area contributed by atoms with Gasteiger partial charge in [0.15, 0.2) is 0 Å². The molecule has 6 nitrogen and oxygen atoms in total. The molecule has 1 fully saturated rings. The normalized spacial score (nSPS) is 21.4. The standard InChI is InChI=1S/C17H19N5O/c23-16-6-2-1-4-14(16)21-17-8-7-12(10-18-17)13-11-20-22-15(13)5-3-9-19-22/h3,5,7-11,14,16,23H,1-2,4,6H2,(H,18,21)/t14-,16-/m0/s1. The lowest BCUT2D eigenvalue weighted by Gasteiger charge is -2.28. The van der Waals surface area contributed by atoms with Gasteiger partial charge in [-0.3, -0.25) is 0 Å².